The van der Waals surface area contributed by atoms with Crippen LogP contribution in [0.1, 0.15) is 23.2 Å². The second kappa shape index (κ2) is 8.16. The van der Waals surface area contributed by atoms with Crippen LogP contribution in [0.4, 0.5) is 5.69 Å². The number of pyridine rings is 1. The molecular formula is C19H21N3O2S. The zero-order chi connectivity index (χ0) is 17.6. The first-order valence-electron chi connectivity index (χ1n) is 8.33. The van der Waals surface area contributed by atoms with E-state index in [-0.39, 0.29) is 17.7 Å². The van der Waals surface area contributed by atoms with Crippen molar-refractivity contribution >= 4 is 29.3 Å². The summed E-state index contributed by atoms with van der Waals surface area (Å²) in [6.07, 6.45) is 5.22. The van der Waals surface area contributed by atoms with Gasteiger partial charge in [0.05, 0.1) is 11.5 Å². The number of thioether (sulfide) groups is 1. The highest BCUT2D eigenvalue weighted by Gasteiger charge is 2.29. The summed E-state index contributed by atoms with van der Waals surface area (Å²) in [6.45, 7) is 1.12. The number of anilines is 1. The molecule has 1 aromatic heterocycles. The van der Waals surface area contributed by atoms with E-state index in [1.54, 1.807) is 23.2 Å². The van der Waals surface area contributed by atoms with Crippen LogP contribution >= 0.6 is 11.8 Å². The van der Waals surface area contributed by atoms with E-state index in [1.165, 1.54) is 11.8 Å². The van der Waals surface area contributed by atoms with Gasteiger partial charge in [-0.3, -0.25) is 9.59 Å². The summed E-state index contributed by atoms with van der Waals surface area (Å²) in [5.41, 5.74) is 1.40. The zero-order valence-corrected chi connectivity index (χ0v) is 15.0. The van der Waals surface area contributed by atoms with Gasteiger partial charge in [-0.2, -0.15) is 0 Å². The number of rotatable bonds is 4. The summed E-state index contributed by atoms with van der Waals surface area (Å²) in [6, 6.07) is 13.0. The molecule has 25 heavy (non-hydrogen) atoms. The molecular weight excluding hydrogens is 334 g/mol. The van der Waals surface area contributed by atoms with Crippen molar-refractivity contribution in [2.24, 2.45) is 5.92 Å². The standard InChI is InChI=1S/C19H21N3O2S/c1-25-18-16(10-5-11-20-18)19(24)22-12-6-7-14(13-22)17(23)21-15-8-3-2-4-9-15/h2-5,8-11,14H,6-7,12-13H2,1H3,(H,21,23)/t14-/m0/s1. The van der Waals surface area contributed by atoms with Gasteiger partial charge in [-0.25, -0.2) is 4.98 Å². The van der Waals surface area contributed by atoms with E-state index < -0.39 is 0 Å². The Bertz CT molecular complexity index is 751. The molecule has 0 saturated carbocycles. The summed E-state index contributed by atoms with van der Waals surface area (Å²) in [5.74, 6) is -0.262. The summed E-state index contributed by atoms with van der Waals surface area (Å²) in [7, 11) is 0. The van der Waals surface area contributed by atoms with E-state index in [4.69, 9.17) is 0 Å². The predicted molar refractivity (Wildman–Crippen MR) is 99.7 cm³/mol. The second-order valence-corrected chi connectivity index (χ2v) is 6.80. The van der Waals surface area contributed by atoms with Gasteiger partial charge in [0.15, 0.2) is 0 Å². The van der Waals surface area contributed by atoms with Crippen molar-refractivity contribution in [3.05, 3.63) is 54.2 Å². The van der Waals surface area contributed by atoms with Crippen LogP contribution in [-0.4, -0.2) is 41.0 Å². The van der Waals surface area contributed by atoms with Crippen molar-refractivity contribution in [2.45, 2.75) is 17.9 Å². The van der Waals surface area contributed by atoms with E-state index in [0.717, 1.165) is 23.6 Å². The summed E-state index contributed by atoms with van der Waals surface area (Å²) >= 11 is 1.46. The summed E-state index contributed by atoms with van der Waals surface area (Å²) in [5, 5.41) is 3.67. The van der Waals surface area contributed by atoms with E-state index in [2.05, 4.69) is 10.3 Å². The van der Waals surface area contributed by atoms with Crippen molar-refractivity contribution < 1.29 is 9.59 Å². The minimum absolute atomic E-state index is 0.0278. The van der Waals surface area contributed by atoms with Crippen molar-refractivity contribution in [3.8, 4) is 0 Å². The lowest BCUT2D eigenvalue weighted by molar-refractivity contribution is -0.121. The molecule has 1 atom stereocenters. The van der Waals surface area contributed by atoms with Crippen LogP contribution in [0.15, 0.2) is 53.7 Å². The van der Waals surface area contributed by atoms with Gasteiger partial charge in [-0.05, 0) is 43.4 Å². The number of amides is 2. The average molecular weight is 355 g/mol. The van der Waals surface area contributed by atoms with E-state index in [1.807, 2.05) is 36.6 Å². The molecule has 0 radical (unpaired) electrons. The predicted octanol–water partition coefficient (Wildman–Crippen LogP) is 3.29. The first kappa shape index (κ1) is 17.5. The number of likely N-dealkylation sites (tertiary alicyclic amines) is 1. The average Bonchev–Trinajstić information content (AvgIpc) is 2.68. The van der Waals surface area contributed by atoms with Gasteiger partial charge in [0.1, 0.15) is 5.03 Å². The Morgan fingerprint density at radius 2 is 2.00 bits per heavy atom. The SMILES string of the molecule is CSc1ncccc1C(=O)N1CCC[C@H](C(=O)Nc2ccccc2)C1. The number of nitrogens with zero attached hydrogens (tertiary/aromatic N) is 2. The smallest absolute Gasteiger partial charge is 0.256 e. The monoisotopic (exact) mass is 355 g/mol. The molecule has 1 N–H and O–H groups in total. The number of hydrogen-bond donors (Lipinski definition) is 1. The molecule has 1 fully saturated rings. The quantitative estimate of drug-likeness (QED) is 0.855. The topological polar surface area (TPSA) is 62.3 Å². The van der Waals surface area contributed by atoms with Crippen molar-refractivity contribution in [3.63, 3.8) is 0 Å². The fraction of sp³-hybridized carbons (Fsp3) is 0.316. The highest BCUT2D eigenvalue weighted by Crippen LogP contribution is 2.23. The highest BCUT2D eigenvalue weighted by atomic mass is 32.2. The number of hydrogen-bond acceptors (Lipinski definition) is 4. The third-order valence-corrected chi connectivity index (χ3v) is 5.03. The van der Waals surface area contributed by atoms with Crippen LogP contribution in [-0.2, 0) is 4.79 Å². The van der Waals surface area contributed by atoms with E-state index in [0.29, 0.717) is 18.7 Å². The van der Waals surface area contributed by atoms with Gasteiger partial charge in [0.2, 0.25) is 5.91 Å². The fourth-order valence-electron chi connectivity index (χ4n) is 3.03. The first-order valence-corrected chi connectivity index (χ1v) is 9.55. The summed E-state index contributed by atoms with van der Waals surface area (Å²) in [4.78, 5) is 31.4. The lowest BCUT2D eigenvalue weighted by atomic mass is 9.96. The fourth-order valence-corrected chi connectivity index (χ4v) is 3.57. The lowest BCUT2D eigenvalue weighted by Gasteiger charge is -2.32. The third kappa shape index (κ3) is 4.20. The molecule has 1 saturated heterocycles. The van der Waals surface area contributed by atoms with Gasteiger partial charge in [-0.15, -0.1) is 11.8 Å². The minimum atomic E-state index is -0.188. The van der Waals surface area contributed by atoms with Crippen LogP contribution in [0.5, 0.6) is 0 Å². The molecule has 2 amide bonds. The molecule has 6 heteroatoms. The molecule has 0 unspecified atom stereocenters. The Kier molecular flexibility index (Phi) is 5.71. The molecule has 1 aromatic carbocycles. The zero-order valence-electron chi connectivity index (χ0n) is 14.1. The number of para-hydroxylation sites is 1. The Morgan fingerprint density at radius 3 is 2.76 bits per heavy atom. The molecule has 1 aliphatic heterocycles. The van der Waals surface area contributed by atoms with Crippen LogP contribution < -0.4 is 5.32 Å². The number of piperidine rings is 1. The molecule has 0 spiro atoms. The van der Waals surface area contributed by atoms with Gasteiger partial charge >= 0.3 is 0 Å². The number of benzene rings is 1. The van der Waals surface area contributed by atoms with Crippen molar-refractivity contribution in [1.82, 2.24) is 9.88 Å². The van der Waals surface area contributed by atoms with Crippen LogP contribution in [0.25, 0.3) is 0 Å². The maximum absolute atomic E-state index is 12.8. The normalized spacial score (nSPS) is 17.2. The molecule has 0 aliphatic carbocycles. The molecule has 3 rings (SSSR count). The van der Waals surface area contributed by atoms with Gasteiger partial charge < -0.3 is 10.2 Å². The lowest BCUT2D eigenvalue weighted by Crippen LogP contribution is -2.44. The van der Waals surface area contributed by atoms with Crippen LogP contribution in [0.2, 0.25) is 0 Å². The van der Waals surface area contributed by atoms with Gasteiger partial charge in [0, 0.05) is 25.0 Å². The Morgan fingerprint density at radius 1 is 1.20 bits per heavy atom. The van der Waals surface area contributed by atoms with Crippen LogP contribution in [0, 0.1) is 5.92 Å². The van der Waals surface area contributed by atoms with Crippen molar-refractivity contribution in [2.75, 3.05) is 24.7 Å². The van der Waals surface area contributed by atoms with Crippen LogP contribution in [0.3, 0.4) is 0 Å². The third-order valence-electron chi connectivity index (χ3n) is 4.32. The molecule has 1 aliphatic rings. The van der Waals surface area contributed by atoms with Gasteiger partial charge in [0.25, 0.3) is 5.91 Å². The summed E-state index contributed by atoms with van der Waals surface area (Å²) < 4.78 is 0. The van der Waals surface area contributed by atoms with E-state index in [9.17, 15) is 9.59 Å². The number of aromatic nitrogens is 1. The molecule has 130 valence electrons. The molecule has 5 nitrogen and oxygen atoms in total. The Balaban J connectivity index is 1.68. The number of carbonyl (C=O) groups excluding carboxylic acids is 2. The first-order chi connectivity index (χ1) is 12.2. The largest absolute Gasteiger partial charge is 0.338 e. The Labute approximate surface area is 151 Å². The van der Waals surface area contributed by atoms with Crippen molar-refractivity contribution in [1.29, 1.82) is 0 Å². The Hall–Kier alpha value is -2.34. The number of carbonyl (C=O) groups is 2. The maximum Gasteiger partial charge on any atom is 0.256 e. The maximum atomic E-state index is 12.8. The molecule has 2 heterocycles. The highest BCUT2D eigenvalue weighted by molar-refractivity contribution is 7.98. The molecule has 0 bridgehead atoms. The minimum Gasteiger partial charge on any atom is -0.338 e. The van der Waals surface area contributed by atoms with E-state index >= 15 is 0 Å². The number of nitrogens with one attached hydrogen (secondary N) is 1. The van der Waals surface area contributed by atoms with Gasteiger partial charge in [-0.1, -0.05) is 18.2 Å². The molecule has 2 aromatic rings. The second-order valence-electron chi connectivity index (χ2n) is 6.01.